The molecule has 84 valence electrons. The second-order valence-electron chi connectivity index (χ2n) is 3.89. The van der Waals surface area contributed by atoms with Crippen LogP contribution in [-0.4, -0.2) is 12.7 Å². The van der Waals surface area contributed by atoms with E-state index in [0.29, 0.717) is 5.92 Å². The van der Waals surface area contributed by atoms with Crippen LogP contribution in [0.4, 0.5) is 0 Å². The van der Waals surface area contributed by atoms with E-state index in [1.165, 1.54) is 0 Å². The molecule has 0 saturated carbocycles. The first-order chi connectivity index (χ1) is 7.22. The molecular formula is C10H15ClN2OS. The van der Waals surface area contributed by atoms with E-state index in [1.807, 2.05) is 12.1 Å². The van der Waals surface area contributed by atoms with Gasteiger partial charge in [0.05, 0.1) is 16.5 Å². The van der Waals surface area contributed by atoms with E-state index in [1.54, 1.807) is 11.3 Å². The smallest absolute Gasteiger partial charge is 0.0931 e. The van der Waals surface area contributed by atoms with Gasteiger partial charge in [-0.15, -0.1) is 11.3 Å². The molecule has 0 spiro atoms. The Morgan fingerprint density at radius 1 is 1.67 bits per heavy atom. The molecule has 1 saturated heterocycles. The third-order valence-electron chi connectivity index (χ3n) is 2.85. The Balaban J connectivity index is 2.16. The minimum Gasteiger partial charge on any atom is -0.376 e. The van der Waals surface area contributed by atoms with Crippen LogP contribution in [0.3, 0.4) is 0 Å². The lowest BCUT2D eigenvalue weighted by Gasteiger charge is -2.24. The molecule has 0 amide bonds. The molecule has 0 radical (unpaired) electrons. The molecule has 2 heterocycles. The van der Waals surface area contributed by atoms with Gasteiger partial charge < -0.3 is 4.74 Å². The van der Waals surface area contributed by atoms with Gasteiger partial charge in [-0.05, 0) is 24.5 Å². The summed E-state index contributed by atoms with van der Waals surface area (Å²) in [5.74, 6) is 6.12. The van der Waals surface area contributed by atoms with Crippen molar-refractivity contribution in [2.24, 2.45) is 11.8 Å². The lowest BCUT2D eigenvalue weighted by atomic mass is 9.97. The third kappa shape index (κ3) is 2.34. The van der Waals surface area contributed by atoms with E-state index in [4.69, 9.17) is 22.2 Å². The highest BCUT2D eigenvalue weighted by atomic mass is 35.5. The number of rotatable bonds is 3. The molecule has 1 aromatic rings. The molecule has 0 bridgehead atoms. The number of hydrogen-bond donors (Lipinski definition) is 2. The van der Waals surface area contributed by atoms with Gasteiger partial charge in [0.2, 0.25) is 0 Å². The van der Waals surface area contributed by atoms with Gasteiger partial charge in [-0.25, -0.2) is 5.43 Å². The zero-order valence-electron chi connectivity index (χ0n) is 8.57. The van der Waals surface area contributed by atoms with Crippen LogP contribution < -0.4 is 11.3 Å². The zero-order chi connectivity index (χ0) is 10.8. The summed E-state index contributed by atoms with van der Waals surface area (Å²) in [6, 6.07) is 3.96. The standard InChI is InChI=1S/C10H15ClN2OS/c1-6-4-5-14-10(6)9(13-12)7-2-3-8(11)15-7/h2-3,6,9-10,13H,4-5,12H2,1H3. The van der Waals surface area contributed by atoms with Crippen LogP contribution in [0, 0.1) is 5.92 Å². The van der Waals surface area contributed by atoms with Gasteiger partial charge in [0.1, 0.15) is 0 Å². The number of hydrogen-bond acceptors (Lipinski definition) is 4. The summed E-state index contributed by atoms with van der Waals surface area (Å²) < 4.78 is 6.49. The fraction of sp³-hybridized carbons (Fsp3) is 0.600. The first-order valence-electron chi connectivity index (χ1n) is 5.05. The van der Waals surface area contributed by atoms with Crippen molar-refractivity contribution in [3.05, 3.63) is 21.3 Å². The SMILES string of the molecule is CC1CCOC1C(NN)c1ccc(Cl)s1. The molecule has 1 aromatic heterocycles. The first-order valence-corrected chi connectivity index (χ1v) is 6.25. The molecule has 0 aromatic carbocycles. The van der Waals surface area contributed by atoms with Gasteiger partial charge >= 0.3 is 0 Å². The highest BCUT2D eigenvalue weighted by molar-refractivity contribution is 7.16. The molecular weight excluding hydrogens is 232 g/mol. The molecule has 3 unspecified atom stereocenters. The minimum absolute atomic E-state index is 0.0556. The van der Waals surface area contributed by atoms with Crippen LogP contribution in [0.25, 0.3) is 0 Å². The van der Waals surface area contributed by atoms with E-state index in [2.05, 4.69) is 12.3 Å². The van der Waals surface area contributed by atoms with Crippen LogP contribution in [0.2, 0.25) is 4.34 Å². The summed E-state index contributed by atoms with van der Waals surface area (Å²) in [6.45, 7) is 3.01. The molecule has 5 heteroatoms. The summed E-state index contributed by atoms with van der Waals surface area (Å²) >= 11 is 7.47. The Bertz CT molecular complexity index is 331. The molecule has 1 fully saturated rings. The van der Waals surface area contributed by atoms with Crippen LogP contribution >= 0.6 is 22.9 Å². The Labute approximate surface area is 98.5 Å². The molecule has 1 aliphatic rings. The van der Waals surface area contributed by atoms with E-state index in [0.717, 1.165) is 22.2 Å². The monoisotopic (exact) mass is 246 g/mol. The summed E-state index contributed by atoms with van der Waals surface area (Å²) in [5, 5.41) is 0. The lowest BCUT2D eigenvalue weighted by molar-refractivity contribution is 0.0618. The third-order valence-corrected chi connectivity index (χ3v) is 4.17. The van der Waals surface area contributed by atoms with Crippen molar-refractivity contribution in [3.63, 3.8) is 0 Å². The largest absolute Gasteiger partial charge is 0.376 e. The maximum absolute atomic E-state index is 5.91. The zero-order valence-corrected chi connectivity index (χ0v) is 10.1. The summed E-state index contributed by atoms with van der Waals surface area (Å²) in [4.78, 5) is 1.14. The second-order valence-corrected chi connectivity index (χ2v) is 5.63. The fourth-order valence-corrected chi connectivity index (χ4v) is 3.13. The molecule has 0 aliphatic carbocycles. The Morgan fingerprint density at radius 3 is 2.93 bits per heavy atom. The minimum atomic E-state index is 0.0556. The number of nitrogens with one attached hydrogen (secondary N) is 1. The number of hydrazine groups is 1. The van der Waals surface area contributed by atoms with Gasteiger partial charge in [-0.1, -0.05) is 18.5 Å². The van der Waals surface area contributed by atoms with Gasteiger partial charge in [-0.3, -0.25) is 5.84 Å². The predicted molar refractivity (Wildman–Crippen MR) is 62.9 cm³/mol. The van der Waals surface area contributed by atoms with E-state index in [-0.39, 0.29) is 12.1 Å². The molecule has 3 atom stereocenters. The molecule has 3 N–H and O–H groups in total. The maximum atomic E-state index is 5.91. The van der Waals surface area contributed by atoms with Crippen molar-refractivity contribution in [1.82, 2.24) is 5.43 Å². The van der Waals surface area contributed by atoms with Crippen molar-refractivity contribution >= 4 is 22.9 Å². The molecule has 1 aliphatic heterocycles. The van der Waals surface area contributed by atoms with Gasteiger partial charge in [0.25, 0.3) is 0 Å². The maximum Gasteiger partial charge on any atom is 0.0931 e. The van der Waals surface area contributed by atoms with Crippen LogP contribution in [0.15, 0.2) is 12.1 Å². The topological polar surface area (TPSA) is 47.3 Å². The van der Waals surface area contributed by atoms with E-state index >= 15 is 0 Å². The van der Waals surface area contributed by atoms with Crippen LogP contribution in [0.5, 0.6) is 0 Å². The van der Waals surface area contributed by atoms with Crippen LogP contribution in [0.1, 0.15) is 24.3 Å². The molecule has 2 rings (SSSR count). The number of nitrogens with two attached hydrogens (primary N) is 1. The van der Waals surface area contributed by atoms with Gasteiger partial charge in [0, 0.05) is 11.5 Å². The Hall–Kier alpha value is -0.130. The Kier molecular flexibility index (Phi) is 3.64. The first kappa shape index (κ1) is 11.4. The summed E-state index contributed by atoms with van der Waals surface area (Å²) in [6.07, 6.45) is 1.26. The van der Waals surface area contributed by atoms with E-state index < -0.39 is 0 Å². The van der Waals surface area contributed by atoms with Crippen molar-refractivity contribution in [2.45, 2.75) is 25.5 Å². The quantitative estimate of drug-likeness (QED) is 0.636. The van der Waals surface area contributed by atoms with Crippen molar-refractivity contribution in [3.8, 4) is 0 Å². The number of ether oxygens (including phenoxy) is 1. The summed E-state index contributed by atoms with van der Waals surface area (Å²) in [7, 11) is 0. The van der Waals surface area contributed by atoms with Crippen molar-refractivity contribution in [2.75, 3.05) is 6.61 Å². The van der Waals surface area contributed by atoms with Gasteiger partial charge in [-0.2, -0.15) is 0 Å². The highest BCUT2D eigenvalue weighted by Crippen LogP contribution is 2.35. The summed E-state index contributed by atoms with van der Waals surface area (Å²) in [5.41, 5.74) is 2.83. The molecule has 15 heavy (non-hydrogen) atoms. The van der Waals surface area contributed by atoms with Crippen molar-refractivity contribution < 1.29 is 4.74 Å². The predicted octanol–water partition coefficient (Wildman–Crippen LogP) is 2.33. The average molecular weight is 247 g/mol. The normalized spacial score (nSPS) is 28.2. The fourth-order valence-electron chi connectivity index (χ4n) is 1.98. The number of thiophene rings is 1. The molecule has 3 nitrogen and oxygen atoms in total. The van der Waals surface area contributed by atoms with Gasteiger partial charge in [0.15, 0.2) is 0 Å². The highest BCUT2D eigenvalue weighted by Gasteiger charge is 2.33. The van der Waals surface area contributed by atoms with Crippen molar-refractivity contribution in [1.29, 1.82) is 0 Å². The second kappa shape index (κ2) is 4.80. The van der Waals surface area contributed by atoms with Crippen LogP contribution in [-0.2, 0) is 4.74 Å². The lowest BCUT2D eigenvalue weighted by Crippen LogP contribution is -2.38. The average Bonchev–Trinajstić information content (AvgIpc) is 2.79. The van der Waals surface area contributed by atoms with E-state index in [9.17, 15) is 0 Å². The number of halogens is 1. The Morgan fingerprint density at radius 2 is 2.47 bits per heavy atom.